The molecule has 0 saturated carbocycles. The van der Waals surface area contributed by atoms with Crippen molar-refractivity contribution in [2.75, 3.05) is 46.3 Å². The lowest BCUT2D eigenvalue weighted by Crippen LogP contribution is -2.53. The smallest absolute Gasteiger partial charge is 0.236 e. The van der Waals surface area contributed by atoms with Crippen molar-refractivity contribution in [3.63, 3.8) is 0 Å². The molecule has 0 aromatic heterocycles. The van der Waals surface area contributed by atoms with E-state index in [0.29, 0.717) is 26.2 Å². The van der Waals surface area contributed by atoms with Gasteiger partial charge < -0.3 is 10.2 Å². The number of carbonyl (C=O) groups excluding carboxylic acids is 2. The summed E-state index contributed by atoms with van der Waals surface area (Å²) in [5.74, 6) is 0.199. The van der Waals surface area contributed by atoms with Crippen molar-refractivity contribution in [1.29, 1.82) is 0 Å². The second kappa shape index (κ2) is 10.0. The van der Waals surface area contributed by atoms with Crippen molar-refractivity contribution in [3.8, 4) is 0 Å². The van der Waals surface area contributed by atoms with Crippen LogP contribution >= 0.6 is 15.9 Å². The standard InChI is InChI=1S/C19H29BrN4O2/c1-15(2)21-18(25)13-23-8-10-24(11-9-23)19(26)14-22(3)12-16-4-6-17(20)7-5-16/h4-7,15H,8-14H2,1-3H3,(H,21,25). The highest BCUT2D eigenvalue weighted by Gasteiger charge is 2.23. The predicted molar refractivity (Wildman–Crippen MR) is 107 cm³/mol. The highest BCUT2D eigenvalue weighted by molar-refractivity contribution is 9.10. The van der Waals surface area contributed by atoms with E-state index in [1.807, 2.05) is 42.8 Å². The third kappa shape index (κ3) is 7.05. The van der Waals surface area contributed by atoms with E-state index < -0.39 is 0 Å². The van der Waals surface area contributed by atoms with Gasteiger partial charge in [-0.15, -0.1) is 0 Å². The second-order valence-corrected chi connectivity index (χ2v) is 8.09. The van der Waals surface area contributed by atoms with Gasteiger partial charge in [0.15, 0.2) is 0 Å². The molecule has 1 fully saturated rings. The maximum atomic E-state index is 12.5. The summed E-state index contributed by atoms with van der Waals surface area (Å²) in [5, 5.41) is 2.91. The Hall–Kier alpha value is -1.44. The third-order valence-electron chi connectivity index (χ3n) is 4.31. The van der Waals surface area contributed by atoms with Crippen molar-refractivity contribution in [2.24, 2.45) is 0 Å². The number of nitrogens with one attached hydrogen (secondary N) is 1. The molecule has 2 rings (SSSR count). The second-order valence-electron chi connectivity index (χ2n) is 7.18. The number of hydrogen-bond acceptors (Lipinski definition) is 4. The molecule has 1 heterocycles. The van der Waals surface area contributed by atoms with E-state index in [-0.39, 0.29) is 17.9 Å². The first-order chi connectivity index (χ1) is 12.3. The highest BCUT2D eigenvalue weighted by atomic mass is 79.9. The van der Waals surface area contributed by atoms with E-state index in [4.69, 9.17) is 0 Å². The van der Waals surface area contributed by atoms with Crippen molar-refractivity contribution in [2.45, 2.75) is 26.4 Å². The zero-order chi connectivity index (χ0) is 19.1. The molecule has 0 atom stereocenters. The Morgan fingerprint density at radius 2 is 1.77 bits per heavy atom. The Balaban J connectivity index is 1.72. The first-order valence-electron chi connectivity index (χ1n) is 9.06. The van der Waals surface area contributed by atoms with E-state index in [1.54, 1.807) is 0 Å². The molecule has 1 N–H and O–H groups in total. The molecule has 0 unspecified atom stereocenters. The van der Waals surface area contributed by atoms with Crippen LogP contribution in [0.1, 0.15) is 19.4 Å². The van der Waals surface area contributed by atoms with Crippen molar-refractivity contribution >= 4 is 27.7 Å². The Morgan fingerprint density at radius 1 is 1.15 bits per heavy atom. The van der Waals surface area contributed by atoms with Gasteiger partial charge in [-0.1, -0.05) is 28.1 Å². The third-order valence-corrected chi connectivity index (χ3v) is 4.84. The average Bonchev–Trinajstić information content (AvgIpc) is 2.56. The van der Waals surface area contributed by atoms with E-state index in [2.05, 4.69) is 38.3 Å². The van der Waals surface area contributed by atoms with Crippen molar-refractivity contribution in [3.05, 3.63) is 34.3 Å². The van der Waals surface area contributed by atoms with Crippen molar-refractivity contribution in [1.82, 2.24) is 20.0 Å². The summed E-state index contributed by atoms with van der Waals surface area (Å²) in [6.07, 6.45) is 0. The van der Waals surface area contributed by atoms with Crippen LogP contribution in [0.3, 0.4) is 0 Å². The molecule has 1 aliphatic heterocycles. The summed E-state index contributed by atoms with van der Waals surface area (Å²) in [7, 11) is 1.96. The lowest BCUT2D eigenvalue weighted by atomic mass is 10.2. The van der Waals surface area contributed by atoms with E-state index in [0.717, 1.165) is 24.1 Å². The molecule has 0 aliphatic carbocycles. The molecular formula is C19H29BrN4O2. The molecular weight excluding hydrogens is 396 g/mol. The Morgan fingerprint density at radius 3 is 2.35 bits per heavy atom. The van der Waals surface area contributed by atoms with Gasteiger partial charge in [0.25, 0.3) is 0 Å². The van der Waals surface area contributed by atoms with Crippen LogP contribution in [0.4, 0.5) is 0 Å². The molecule has 1 aromatic carbocycles. The molecule has 144 valence electrons. The van der Waals surface area contributed by atoms with Gasteiger partial charge >= 0.3 is 0 Å². The summed E-state index contributed by atoms with van der Waals surface area (Å²) >= 11 is 3.43. The largest absolute Gasteiger partial charge is 0.353 e. The molecule has 6 nitrogen and oxygen atoms in total. The van der Waals surface area contributed by atoms with Gasteiger partial charge in [0.1, 0.15) is 0 Å². The molecule has 0 bridgehead atoms. The van der Waals surface area contributed by atoms with Crippen LogP contribution < -0.4 is 5.32 Å². The fraction of sp³-hybridized carbons (Fsp3) is 0.579. The lowest BCUT2D eigenvalue weighted by molar-refractivity contribution is -0.134. The molecule has 7 heteroatoms. The SMILES string of the molecule is CC(C)NC(=O)CN1CCN(C(=O)CN(C)Cc2ccc(Br)cc2)CC1. The number of amides is 2. The van der Waals surface area contributed by atoms with Crippen LogP contribution in [0.5, 0.6) is 0 Å². The molecule has 1 saturated heterocycles. The first kappa shape index (κ1) is 20.9. The van der Waals surface area contributed by atoms with Gasteiger partial charge in [0, 0.05) is 43.2 Å². The zero-order valence-electron chi connectivity index (χ0n) is 15.9. The number of likely N-dealkylation sites (N-methyl/N-ethyl adjacent to an activating group) is 1. The van der Waals surface area contributed by atoms with Gasteiger partial charge in [-0.3, -0.25) is 19.4 Å². The summed E-state index contributed by atoms with van der Waals surface area (Å²) in [6.45, 7) is 8.32. The summed E-state index contributed by atoms with van der Waals surface area (Å²) in [6, 6.07) is 8.31. The van der Waals surface area contributed by atoms with Gasteiger partial charge in [0.2, 0.25) is 11.8 Å². The average molecular weight is 425 g/mol. The molecule has 26 heavy (non-hydrogen) atoms. The van der Waals surface area contributed by atoms with E-state index in [1.165, 1.54) is 5.56 Å². The van der Waals surface area contributed by atoms with Crippen LogP contribution in [0.25, 0.3) is 0 Å². The number of halogens is 1. The summed E-state index contributed by atoms with van der Waals surface area (Å²) in [5.41, 5.74) is 1.18. The normalized spacial score (nSPS) is 15.5. The first-order valence-corrected chi connectivity index (χ1v) is 9.85. The monoisotopic (exact) mass is 424 g/mol. The highest BCUT2D eigenvalue weighted by Crippen LogP contribution is 2.12. The fourth-order valence-corrected chi connectivity index (χ4v) is 3.28. The number of piperazine rings is 1. The minimum absolute atomic E-state index is 0.0500. The molecule has 2 amide bonds. The molecule has 0 radical (unpaired) electrons. The topological polar surface area (TPSA) is 55.9 Å². The lowest BCUT2D eigenvalue weighted by Gasteiger charge is -2.35. The van der Waals surface area contributed by atoms with Crippen molar-refractivity contribution < 1.29 is 9.59 Å². The quantitative estimate of drug-likeness (QED) is 0.721. The minimum Gasteiger partial charge on any atom is -0.353 e. The molecule has 1 aliphatic rings. The maximum absolute atomic E-state index is 12.5. The number of carbonyl (C=O) groups is 2. The van der Waals surface area contributed by atoms with Gasteiger partial charge in [-0.2, -0.15) is 0 Å². The molecule has 0 spiro atoms. The Bertz CT molecular complexity index is 598. The van der Waals surface area contributed by atoms with Gasteiger partial charge in [0.05, 0.1) is 13.1 Å². The summed E-state index contributed by atoms with van der Waals surface area (Å²) in [4.78, 5) is 30.4. The van der Waals surface area contributed by atoms with Crippen LogP contribution in [-0.2, 0) is 16.1 Å². The summed E-state index contributed by atoms with van der Waals surface area (Å²) < 4.78 is 1.06. The van der Waals surface area contributed by atoms with E-state index >= 15 is 0 Å². The van der Waals surface area contributed by atoms with Gasteiger partial charge in [-0.05, 0) is 38.6 Å². The van der Waals surface area contributed by atoms with Crippen LogP contribution in [0.2, 0.25) is 0 Å². The Kier molecular flexibility index (Phi) is 8.06. The van der Waals surface area contributed by atoms with E-state index in [9.17, 15) is 9.59 Å². The Labute approximate surface area is 164 Å². The zero-order valence-corrected chi connectivity index (χ0v) is 17.5. The minimum atomic E-state index is 0.0500. The van der Waals surface area contributed by atoms with Crippen LogP contribution in [-0.4, -0.2) is 78.9 Å². The van der Waals surface area contributed by atoms with Crippen LogP contribution in [0, 0.1) is 0 Å². The number of hydrogen-bond donors (Lipinski definition) is 1. The van der Waals surface area contributed by atoms with Gasteiger partial charge in [-0.25, -0.2) is 0 Å². The number of rotatable bonds is 7. The number of nitrogens with zero attached hydrogens (tertiary/aromatic N) is 3. The molecule has 1 aromatic rings. The number of benzene rings is 1. The fourth-order valence-electron chi connectivity index (χ4n) is 3.01. The maximum Gasteiger partial charge on any atom is 0.236 e. The predicted octanol–water partition coefficient (Wildman–Crippen LogP) is 1.55. The van der Waals surface area contributed by atoms with Crippen LogP contribution in [0.15, 0.2) is 28.7 Å².